The van der Waals surface area contributed by atoms with Gasteiger partial charge in [0, 0.05) is 11.3 Å². The van der Waals surface area contributed by atoms with Crippen LogP contribution in [-0.2, 0) is 12.6 Å². The zero-order valence-corrected chi connectivity index (χ0v) is 25.3. The molecule has 0 spiro atoms. The van der Waals surface area contributed by atoms with Gasteiger partial charge in [-0.1, -0.05) is 89.3 Å². The summed E-state index contributed by atoms with van der Waals surface area (Å²) in [6.45, 7) is 22.0. The van der Waals surface area contributed by atoms with E-state index in [4.69, 9.17) is 5.73 Å². The van der Waals surface area contributed by atoms with E-state index in [9.17, 15) is 17.6 Å². The summed E-state index contributed by atoms with van der Waals surface area (Å²) >= 11 is 0. The average Bonchev–Trinajstić information content (AvgIpc) is 3.25. The molecule has 1 saturated carbocycles. The fraction of sp³-hybridized carbons (Fsp3) is 0.429. The number of halogens is 4. The number of fused-ring (bicyclic) bond motifs is 1. The van der Waals surface area contributed by atoms with E-state index in [2.05, 4.69) is 33.1 Å². The lowest BCUT2D eigenvalue weighted by molar-refractivity contribution is -0.137. The molecule has 1 nitrogen and oxygen atoms in total. The smallest absolute Gasteiger partial charge is 0.399 e. The monoisotopic (exact) mass is 557 g/mol. The van der Waals surface area contributed by atoms with Gasteiger partial charge in [-0.05, 0) is 98.3 Å². The fourth-order valence-electron chi connectivity index (χ4n) is 5.41. The molecule has 2 aliphatic carbocycles. The summed E-state index contributed by atoms with van der Waals surface area (Å²) in [7, 11) is 0. The standard InChI is InChI=1S/C24H28F3N.C7H7F.2C2H6/c1-5-17-14-23(4)19(10-11-20(23)12-15(17)2)8-6-18-7-9-21(24(25,26)27)13-22(18)16(3)28;1-6-2-4-7(8)5-3-6;2*1-2/h5,7,9,12-13,19H,1,3,6,8,10-11,14,28H2,2,4H3;2-5H,1H3;2*1-2H3. The summed E-state index contributed by atoms with van der Waals surface area (Å²) in [5.41, 5.74) is 11.9. The summed E-state index contributed by atoms with van der Waals surface area (Å²) in [6.07, 6.45) is 4.69. The third-order valence-electron chi connectivity index (χ3n) is 7.65. The Labute approximate surface area is 239 Å². The summed E-state index contributed by atoms with van der Waals surface area (Å²) in [4.78, 5) is 0. The SMILES string of the molecule is C=CC1=C(C)C=C2CCC(CCc3ccc(C(F)(F)F)cc3C(=C)N)C2(C)C1.CC.CC.Cc1ccc(F)cc1. The third-order valence-corrected chi connectivity index (χ3v) is 7.65. The Hall–Kier alpha value is -3.08. The van der Waals surface area contributed by atoms with E-state index in [-0.39, 0.29) is 16.9 Å². The Morgan fingerprint density at radius 2 is 1.65 bits per heavy atom. The van der Waals surface area contributed by atoms with Crippen molar-refractivity contribution in [2.45, 2.75) is 86.7 Å². The summed E-state index contributed by atoms with van der Waals surface area (Å²) in [5, 5.41) is 0. The lowest BCUT2D eigenvalue weighted by Crippen LogP contribution is -2.27. The van der Waals surface area contributed by atoms with E-state index in [1.54, 1.807) is 18.2 Å². The van der Waals surface area contributed by atoms with Gasteiger partial charge in [0.05, 0.1) is 5.56 Å². The minimum Gasteiger partial charge on any atom is -0.399 e. The van der Waals surface area contributed by atoms with Crippen LogP contribution in [0, 0.1) is 24.1 Å². The molecule has 0 amide bonds. The van der Waals surface area contributed by atoms with Crippen LogP contribution in [0.15, 0.2) is 84.5 Å². The quantitative estimate of drug-likeness (QED) is 0.364. The highest BCUT2D eigenvalue weighted by atomic mass is 19.4. The molecule has 220 valence electrons. The van der Waals surface area contributed by atoms with Crippen molar-refractivity contribution < 1.29 is 17.6 Å². The minimum absolute atomic E-state index is 0.106. The largest absolute Gasteiger partial charge is 0.416 e. The van der Waals surface area contributed by atoms with Gasteiger partial charge in [0.25, 0.3) is 0 Å². The van der Waals surface area contributed by atoms with Crippen LogP contribution >= 0.6 is 0 Å². The predicted octanol–water partition coefficient (Wildman–Crippen LogP) is 11.0. The van der Waals surface area contributed by atoms with Gasteiger partial charge in [-0.15, -0.1) is 0 Å². The molecule has 0 heterocycles. The van der Waals surface area contributed by atoms with Crippen molar-refractivity contribution in [3.63, 3.8) is 0 Å². The van der Waals surface area contributed by atoms with Crippen LogP contribution in [0.1, 0.15) is 89.5 Å². The lowest BCUT2D eigenvalue weighted by Gasteiger charge is -2.37. The molecule has 0 aliphatic heterocycles. The van der Waals surface area contributed by atoms with E-state index in [0.717, 1.165) is 48.9 Å². The second-order valence-electron chi connectivity index (χ2n) is 10.1. The minimum atomic E-state index is -4.38. The van der Waals surface area contributed by atoms with Crippen LogP contribution in [0.2, 0.25) is 0 Å². The maximum Gasteiger partial charge on any atom is 0.416 e. The number of nitrogens with two attached hydrogens (primary N) is 1. The first-order valence-corrected chi connectivity index (χ1v) is 14.3. The van der Waals surface area contributed by atoms with Gasteiger partial charge in [-0.3, -0.25) is 0 Å². The number of rotatable bonds is 5. The van der Waals surface area contributed by atoms with E-state index >= 15 is 0 Å². The number of hydrogen-bond donors (Lipinski definition) is 1. The fourth-order valence-corrected chi connectivity index (χ4v) is 5.41. The molecule has 0 radical (unpaired) electrons. The zero-order valence-electron chi connectivity index (χ0n) is 25.3. The van der Waals surface area contributed by atoms with Gasteiger partial charge >= 0.3 is 6.18 Å². The van der Waals surface area contributed by atoms with Crippen molar-refractivity contribution in [3.05, 3.63) is 113 Å². The molecule has 2 unspecified atom stereocenters. The second-order valence-corrected chi connectivity index (χ2v) is 10.1. The number of hydrogen-bond acceptors (Lipinski definition) is 1. The predicted molar refractivity (Wildman–Crippen MR) is 163 cm³/mol. The first-order valence-electron chi connectivity index (χ1n) is 14.3. The molecule has 2 aromatic rings. The van der Waals surface area contributed by atoms with Gasteiger partial charge in [0.2, 0.25) is 0 Å². The maximum absolute atomic E-state index is 13.0. The molecule has 2 atom stereocenters. The Balaban J connectivity index is 0.000000561. The van der Waals surface area contributed by atoms with Gasteiger partial charge in [-0.2, -0.15) is 13.2 Å². The van der Waals surface area contributed by atoms with E-state index in [1.807, 2.05) is 40.7 Å². The van der Waals surface area contributed by atoms with Crippen LogP contribution in [0.3, 0.4) is 0 Å². The molecule has 40 heavy (non-hydrogen) atoms. The highest BCUT2D eigenvalue weighted by Crippen LogP contribution is 2.55. The van der Waals surface area contributed by atoms with Gasteiger partial charge in [0.15, 0.2) is 0 Å². The second kappa shape index (κ2) is 15.6. The maximum atomic E-state index is 13.0. The van der Waals surface area contributed by atoms with Crippen LogP contribution in [0.25, 0.3) is 5.70 Å². The molecule has 1 fully saturated rings. The normalized spacial score (nSPS) is 19.5. The van der Waals surface area contributed by atoms with E-state index in [0.29, 0.717) is 17.9 Å². The summed E-state index contributed by atoms with van der Waals surface area (Å²) in [5.74, 6) is 0.318. The van der Waals surface area contributed by atoms with Crippen molar-refractivity contribution in [3.8, 4) is 0 Å². The molecule has 2 N–H and O–H groups in total. The molecule has 2 aromatic carbocycles. The van der Waals surface area contributed by atoms with Crippen molar-refractivity contribution in [2.24, 2.45) is 17.1 Å². The third kappa shape index (κ3) is 8.97. The number of benzene rings is 2. The Morgan fingerprint density at radius 3 is 2.15 bits per heavy atom. The van der Waals surface area contributed by atoms with Crippen LogP contribution in [0.5, 0.6) is 0 Å². The molecule has 0 aromatic heterocycles. The van der Waals surface area contributed by atoms with Crippen molar-refractivity contribution >= 4 is 5.70 Å². The first-order chi connectivity index (χ1) is 18.8. The van der Waals surface area contributed by atoms with Gasteiger partial charge in [0.1, 0.15) is 5.82 Å². The van der Waals surface area contributed by atoms with Crippen LogP contribution < -0.4 is 5.73 Å². The van der Waals surface area contributed by atoms with Gasteiger partial charge in [-0.25, -0.2) is 4.39 Å². The Kier molecular flexibility index (Phi) is 13.7. The highest BCUT2D eigenvalue weighted by molar-refractivity contribution is 5.64. The summed E-state index contributed by atoms with van der Waals surface area (Å²) < 4.78 is 51.2. The van der Waals surface area contributed by atoms with Crippen molar-refractivity contribution in [1.29, 1.82) is 0 Å². The Bertz CT molecular complexity index is 1160. The molecular formula is C35H47F4N. The van der Waals surface area contributed by atoms with Gasteiger partial charge < -0.3 is 5.73 Å². The van der Waals surface area contributed by atoms with E-state index < -0.39 is 11.7 Å². The molecule has 0 saturated heterocycles. The molecule has 4 rings (SSSR count). The lowest BCUT2D eigenvalue weighted by atomic mass is 9.67. The van der Waals surface area contributed by atoms with Crippen molar-refractivity contribution in [2.75, 3.05) is 0 Å². The topological polar surface area (TPSA) is 26.0 Å². The summed E-state index contributed by atoms with van der Waals surface area (Å²) in [6, 6.07) is 10.2. The number of aryl methyl sites for hydroxylation is 2. The highest BCUT2D eigenvalue weighted by Gasteiger charge is 2.44. The Morgan fingerprint density at radius 1 is 1.05 bits per heavy atom. The number of alkyl halides is 3. The average molecular weight is 558 g/mol. The number of allylic oxidation sites excluding steroid dienone is 5. The van der Waals surface area contributed by atoms with E-state index in [1.165, 1.54) is 28.9 Å². The van der Waals surface area contributed by atoms with Crippen LogP contribution in [0.4, 0.5) is 17.6 Å². The molecule has 5 heteroatoms. The molecule has 2 aliphatic rings. The zero-order chi connectivity index (χ0) is 30.7. The molecular weight excluding hydrogens is 510 g/mol. The van der Waals surface area contributed by atoms with Crippen LogP contribution in [-0.4, -0.2) is 0 Å². The first kappa shape index (κ1) is 34.9. The molecule has 0 bridgehead atoms. The van der Waals surface area contributed by atoms with Crippen molar-refractivity contribution in [1.82, 2.24) is 0 Å².